The summed E-state index contributed by atoms with van der Waals surface area (Å²) in [5.41, 5.74) is 1.91. The Balaban J connectivity index is 0.000000275. The van der Waals surface area contributed by atoms with Gasteiger partial charge in [-0.2, -0.15) is 18.6 Å². The minimum atomic E-state index is -4.02. The molecule has 0 spiro atoms. The third-order valence-electron chi connectivity index (χ3n) is 4.80. The predicted octanol–water partition coefficient (Wildman–Crippen LogP) is 4.45. The number of carbonyl (C=O) groups excluding carboxylic acids is 2. The Morgan fingerprint density at radius 2 is 1.72 bits per heavy atom. The molecule has 0 bridgehead atoms. The molecule has 2 aromatic heterocycles. The van der Waals surface area contributed by atoms with E-state index in [0.29, 0.717) is 10.7 Å². The SMILES string of the molecule is Cc1ccc(S(=O)(=O)O)cc1.Cc1nn(C)c(OC(=O)c2ccn[nH]2)c1C(=O)c1ccc(Cl)cc1Cl. The van der Waals surface area contributed by atoms with Crippen LogP contribution in [0.15, 0.2) is 59.6 Å². The maximum atomic E-state index is 12.9. The normalized spacial score (nSPS) is 10.9. The van der Waals surface area contributed by atoms with Gasteiger partial charge < -0.3 is 4.74 Å². The van der Waals surface area contributed by atoms with Gasteiger partial charge >= 0.3 is 5.97 Å². The first kappa shape index (κ1) is 27.1. The molecular formula is C23H20Cl2N4O6S. The number of aromatic nitrogens is 4. The Morgan fingerprint density at radius 3 is 2.28 bits per heavy atom. The fraction of sp³-hybridized carbons (Fsp3) is 0.130. The summed E-state index contributed by atoms with van der Waals surface area (Å²) in [5, 5.41) is 11.0. The third kappa shape index (κ3) is 6.38. The number of nitrogens with one attached hydrogen (secondary N) is 1. The zero-order valence-electron chi connectivity index (χ0n) is 19.2. The smallest absolute Gasteiger partial charge is 0.363 e. The maximum absolute atomic E-state index is 12.9. The molecule has 188 valence electrons. The van der Waals surface area contributed by atoms with Crippen molar-refractivity contribution in [2.24, 2.45) is 7.05 Å². The lowest BCUT2D eigenvalue weighted by atomic mass is 10.0. The Bertz CT molecular complexity index is 1510. The van der Waals surface area contributed by atoms with Crippen molar-refractivity contribution in [2.45, 2.75) is 18.7 Å². The molecule has 0 aliphatic carbocycles. The van der Waals surface area contributed by atoms with E-state index in [9.17, 15) is 18.0 Å². The molecule has 36 heavy (non-hydrogen) atoms. The summed E-state index contributed by atoms with van der Waals surface area (Å²) in [7, 11) is -2.45. The van der Waals surface area contributed by atoms with E-state index in [0.717, 1.165) is 5.56 Å². The number of esters is 1. The number of H-pyrrole nitrogens is 1. The Labute approximate surface area is 216 Å². The van der Waals surface area contributed by atoms with Crippen molar-refractivity contribution in [3.05, 3.63) is 92.9 Å². The molecule has 0 amide bonds. The number of hydrogen-bond acceptors (Lipinski definition) is 7. The van der Waals surface area contributed by atoms with Gasteiger partial charge in [-0.3, -0.25) is 14.4 Å². The summed E-state index contributed by atoms with van der Waals surface area (Å²) in [4.78, 5) is 25.0. The molecule has 0 saturated carbocycles. The topological polar surface area (TPSA) is 144 Å². The summed E-state index contributed by atoms with van der Waals surface area (Å²) in [6.45, 7) is 3.48. The summed E-state index contributed by atoms with van der Waals surface area (Å²) < 4.78 is 36.2. The highest BCUT2D eigenvalue weighted by Gasteiger charge is 2.27. The van der Waals surface area contributed by atoms with Crippen LogP contribution < -0.4 is 4.74 Å². The van der Waals surface area contributed by atoms with Crippen LogP contribution >= 0.6 is 23.2 Å². The monoisotopic (exact) mass is 550 g/mol. The molecule has 0 radical (unpaired) electrons. The quantitative estimate of drug-likeness (QED) is 0.210. The number of nitrogens with zero attached hydrogens (tertiary/aromatic N) is 3. The maximum Gasteiger partial charge on any atom is 0.363 e. The number of aromatic amines is 1. The van der Waals surface area contributed by atoms with Crippen LogP contribution in [-0.4, -0.2) is 44.7 Å². The van der Waals surface area contributed by atoms with Gasteiger partial charge in [-0.05, 0) is 50.2 Å². The minimum Gasteiger partial charge on any atom is -0.402 e. The lowest BCUT2D eigenvalue weighted by Gasteiger charge is -2.07. The number of hydrogen-bond donors (Lipinski definition) is 2. The van der Waals surface area contributed by atoms with E-state index in [4.69, 9.17) is 32.5 Å². The van der Waals surface area contributed by atoms with Gasteiger partial charge in [0.15, 0.2) is 0 Å². The average Bonchev–Trinajstić information content (AvgIpc) is 3.42. The lowest BCUT2D eigenvalue weighted by molar-refractivity contribution is 0.0712. The van der Waals surface area contributed by atoms with Crippen molar-refractivity contribution in [1.82, 2.24) is 20.0 Å². The van der Waals surface area contributed by atoms with E-state index < -0.39 is 21.9 Å². The van der Waals surface area contributed by atoms with Gasteiger partial charge in [0.25, 0.3) is 10.1 Å². The molecular weight excluding hydrogens is 531 g/mol. The van der Waals surface area contributed by atoms with Crippen LogP contribution in [0.3, 0.4) is 0 Å². The molecule has 0 fully saturated rings. The first-order valence-electron chi connectivity index (χ1n) is 10.2. The number of rotatable bonds is 5. The van der Waals surface area contributed by atoms with Crippen LogP contribution in [-0.2, 0) is 17.2 Å². The Hall–Kier alpha value is -3.51. The van der Waals surface area contributed by atoms with E-state index in [-0.39, 0.29) is 32.6 Å². The molecule has 2 aromatic carbocycles. The third-order valence-corrected chi connectivity index (χ3v) is 6.22. The number of halogens is 2. The van der Waals surface area contributed by atoms with Gasteiger partial charge in [-0.25, -0.2) is 9.48 Å². The molecule has 0 aliphatic heterocycles. The van der Waals surface area contributed by atoms with Crippen LogP contribution in [0.1, 0.15) is 37.7 Å². The van der Waals surface area contributed by atoms with E-state index >= 15 is 0 Å². The first-order chi connectivity index (χ1) is 16.9. The highest BCUT2D eigenvalue weighted by Crippen LogP contribution is 2.29. The van der Waals surface area contributed by atoms with E-state index in [1.165, 1.54) is 41.2 Å². The van der Waals surface area contributed by atoms with E-state index in [1.807, 2.05) is 6.92 Å². The van der Waals surface area contributed by atoms with Gasteiger partial charge in [-0.15, -0.1) is 0 Å². The molecule has 2 N–H and O–H groups in total. The molecule has 0 unspecified atom stereocenters. The van der Waals surface area contributed by atoms with Crippen molar-refractivity contribution >= 4 is 45.1 Å². The lowest BCUT2D eigenvalue weighted by Crippen LogP contribution is -2.14. The zero-order valence-corrected chi connectivity index (χ0v) is 21.5. The van der Waals surface area contributed by atoms with Gasteiger partial charge in [-0.1, -0.05) is 40.9 Å². The molecule has 0 atom stereocenters. The molecule has 13 heteroatoms. The van der Waals surface area contributed by atoms with Crippen molar-refractivity contribution in [2.75, 3.05) is 0 Å². The molecule has 4 aromatic rings. The summed E-state index contributed by atoms with van der Waals surface area (Å²) in [5.74, 6) is -1.08. The second kappa shape index (κ2) is 11.0. The second-order valence-corrected chi connectivity index (χ2v) is 9.76. The second-order valence-electron chi connectivity index (χ2n) is 7.49. The van der Waals surface area contributed by atoms with Crippen LogP contribution in [0.4, 0.5) is 0 Å². The molecule has 0 aliphatic rings. The number of carbonyl (C=O) groups is 2. The van der Waals surface area contributed by atoms with Crippen LogP contribution in [0.2, 0.25) is 10.0 Å². The van der Waals surface area contributed by atoms with Gasteiger partial charge in [0.1, 0.15) is 11.3 Å². The van der Waals surface area contributed by atoms with Crippen LogP contribution in [0, 0.1) is 13.8 Å². The van der Waals surface area contributed by atoms with Gasteiger partial charge in [0, 0.05) is 23.8 Å². The van der Waals surface area contributed by atoms with E-state index in [1.54, 1.807) is 32.2 Å². The molecule has 0 saturated heterocycles. The number of ether oxygens (including phenoxy) is 1. The highest BCUT2D eigenvalue weighted by atomic mass is 35.5. The van der Waals surface area contributed by atoms with Crippen molar-refractivity contribution < 1.29 is 27.3 Å². The average molecular weight is 551 g/mol. The van der Waals surface area contributed by atoms with Crippen molar-refractivity contribution in [3.8, 4) is 5.88 Å². The van der Waals surface area contributed by atoms with Crippen LogP contribution in [0.5, 0.6) is 5.88 Å². The van der Waals surface area contributed by atoms with Gasteiger partial charge in [0.05, 0.1) is 15.6 Å². The van der Waals surface area contributed by atoms with E-state index in [2.05, 4.69) is 15.3 Å². The van der Waals surface area contributed by atoms with Crippen molar-refractivity contribution in [3.63, 3.8) is 0 Å². The van der Waals surface area contributed by atoms with Gasteiger partial charge in [0.2, 0.25) is 11.7 Å². The first-order valence-corrected chi connectivity index (χ1v) is 12.4. The number of ketones is 1. The largest absolute Gasteiger partial charge is 0.402 e. The fourth-order valence-corrected chi connectivity index (χ4v) is 4.02. The Kier molecular flexibility index (Phi) is 8.31. The van der Waals surface area contributed by atoms with Crippen LogP contribution in [0.25, 0.3) is 0 Å². The summed E-state index contributed by atoms with van der Waals surface area (Å²) in [6.07, 6.45) is 1.42. The molecule has 2 heterocycles. The minimum absolute atomic E-state index is 0.0214. The summed E-state index contributed by atoms with van der Waals surface area (Å²) >= 11 is 12.0. The Morgan fingerprint density at radius 1 is 1.06 bits per heavy atom. The summed E-state index contributed by atoms with van der Waals surface area (Å²) in [6, 6.07) is 12.0. The highest BCUT2D eigenvalue weighted by molar-refractivity contribution is 7.85. The zero-order chi connectivity index (χ0) is 26.6. The van der Waals surface area contributed by atoms with Crippen molar-refractivity contribution in [1.29, 1.82) is 0 Å². The predicted molar refractivity (Wildman–Crippen MR) is 132 cm³/mol. The number of benzene rings is 2. The fourth-order valence-electron chi connectivity index (χ4n) is 3.05. The standard InChI is InChI=1S/C16H12Cl2N4O3.C7H8O3S/c1-8-13(14(23)10-4-3-9(17)7-11(10)18)15(22(2)21-8)25-16(24)12-5-6-19-20-12;1-6-2-4-7(5-3-6)11(8,9)10/h3-7H,1-2H3,(H,19,20);2-5H,1H3,(H,8,9,10). The molecule has 4 rings (SSSR count). The molecule has 10 nitrogen and oxygen atoms in total. The number of aryl methyl sites for hydroxylation is 3.